The number of oxime groups is 1. The van der Waals surface area contributed by atoms with Crippen LogP contribution in [-0.4, -0.2) is 55.1 Å². The molecule has 1 aliphatic heterocycles. The van der Waals surface area contributed by atoms with E-state index in [1.54, 1.807) is 11.1 Å². The topological polar surface area (TPSA) is 71.4 Å². The molecule has 1 aliphatic rings. The van der Waals surface area contributed by atoms with Crippen LogP contribution in [-0.2, 0) is 14.4 Å². The lowest BCUT2D eigenvalue weighted by Crippen LogP contribution is -2.27. The fourth-order valence-electron chi connectivity index (χ4n) is 1.66. The number of carbonyl (C=O) groups excluding carboxylic acids is 1. The number of allylic oxidation sites excluding steroid dienone is 1. The van der Waals surface area contributed by atoms with Gasteiger partial charge in [-0.2, -0.15) is 0 Å². The fourth-order valence-corrected chi connectivity index (χ4v) is 1.66. The van der Waals surface area contributed by atoms with Crippen LogP contribution in [0.1, 0.15) is 19.8 Å². The maximum atomic E-state index is 10.7. The highest BCUT2D eigenvalue weighted by Crippen LogP contribution is 2.14. The molecule has 6 heteroatoms. The molecule has 0 bridgehead atoms. The molecule has 0 aromatic rings. The van der Waals surface area contributed by atoms with Crippen LogP contribution in [0.25, 0.3) is 0 Å². The Labute approximate surface area is 107 Å². The van der Waals surface area contributed by atoms with Crippen molar-refractivity contribution in [2.45, 2.75) is 25.9 Å². The molecule has 0 spiro atoms. The highest BCUT2D eigenvalue weighted by molar-refractivity contribution is 6.00. The minimum atomic E-state index is -0.677. The number of rotatable bonds is 7. The van der Waals surface area contributed by atoms with Crippen LogP contribution < -0.4 is 0 Å². The molecule has 0 saturated carbocycles. The van der Waals surface area contributed by atoms with Crippen molar-refractivity contribution in [3.05, 3.63) is 11.8 Å². The molecule has 1 unspecified atom stereocenters. The third-order valence-electron chi connectivity index (χ3n) is 2.62. The van der Waals surface area contributed by atoms with E-state index in [1.807, 2.05) is 6.92 Å². The van der Waals surface area contributed by atoms with Gasteiger partial charge in [-0.25, -0.2) is 0 Å². The molecule has 0 radical (unpaired) electrons. The number of aliphatic hydroxyl groups is 1. The van der Waals surface area contributed by atoms with Crippen LogP contribution in [0.5, 0.6) is 0 Å². The number of hydrogen-bond donors (Lipinski definition) is 1. The SMILES string of the molecule is CCC1=CN(C=O)CC/C1=N\OCC(O)COC. The van der Waals surface area contributed by atoms with Crippen molar-refractivity contribution in [3.8, 4) is 0 Å². The van der Waals surface area contributed by atoms with Gasteiger partial charge in [0.2, 0.25) is 6.41 Å². The zero-order chi connectivity index (χ0) is 13.4. The summed E-state index contributed by atoms with van der Waals surface area (Å²) in [5.41, 5.74) is 1.81. The van der Waals surface area contributed by atoms with Crippen molar-refractivity contribution < 1.29 is 19.5 Å². The Morgan fingerprint density at radius 2 is 2.39 bits per heavy atom. The van der Waals surface area contributed by atoms with E-state index in [-0.39, 0.29) is 13.2 Å². The second-order valence-electron chi connectivity index (χ2n) is 4.04. The zero-order valence-corrected chi connectivity index (χ0v) is 10.8. The highest BCUT2D eigenvalue weighted by atomic mass is 16.6. The Bertz CT molecular complexity index is 328. The van der Waals surface area contributed by atoms with Crippen LogP contribution in [0.2, 0.25) is 0 Å². The van der Waals surface area contributed by atoms with E-state index in [1.165, 1.54) is 7.11 Å². The number of carbonyl (C=O) groups is 1. The molecule has 0 fully saturated rings. The van der Waals surface area contributed by atoms with Crippen molar-refractivity contribution in [2.75, 3.05) is 26.9 Å². The van der Waals surface area contributed by atoms with E-state index in [4.69, 9.17) is 9.57 Å². The quantitative estimate of drug-likeness (QED) is 0.532. The summed E-state index contributed by atoms with van der Waals surface area (Å²) >= 11 is 0. The minimum absolute atomic E-state index is 0.103. The van der Waals surface area contributed by atoms with Gasteiger partial charge < -0.3 is 19.6 Å². The predicted molar refractivity (Wildman–Crippen MR) is 67.0 cm³/mol. The maximum absolute atomic E-state index is 10.7. The second-order valence-corrected chi connectivity index (χ2v) is 4.04. The zero-order valence-electron chi connectivity index (χ0n) is 10.8. The number of methoxy groups -OCH3 is 1. The number of amides is 1. The largest absolute Gasteiger partial charge is 0.393 e. The Morgan fingerprint density at radius 3 is 3.00 bits per heavy atom. The number of aliphatic hydroxyl groups excluding tert-OH is 1. The first-order valence-corrected chi connectivity index (χ1v) is 5.99. The van der Waals surface area contributed by atoms with Gasteiger partial charge in [0, 0.05) is 26.3 Å². The van der Waals surface area contributed by atoms with Crippen molar-refractivity contribution >= 4 is 12.1 Å². The van der Waals surface area contributed by atoms with Gasteiger partial charge in [-0.1, -0.05) is 12.1 Å². The lowest BCUT2D eigenvalue weighted by atomic mass is 10.0. The van der Waals surface area contributed by atoms with Crippen LogP contribution in [0.3, 0.4) is 0 Å². The van der Waals surface area contributed by atoms with Crippen LogP contribution in [0.4, 0.5) is 0 Å². The maximum Gasteiger partial charge on any atom is 0.213 e. The second kappa shape index (κ2) is 7.84. The summed E-state index contributed by atoms with van der Waals surface area (Å²) in [5.74, 6) is 0. The minimum Gasteiger partial charge on any atom is -0.393 e. The average Bonchev–Trinajstić information content (AvgIpc) is 2.39. The first-order valence-electron chi connectivity index (χ1n) is 5.99. The van der Waals surface area contributed by atoms with Crippen LogP contribution in [0, 0.1) is 0 Å². The summed E-state index contributed by atoms with van der Waals surface area (Å²) < 4.78 is 4.78. The van der Waals surface area contributed by atoms with Gasteiger partial charge >= 0.3 is 0 Å². The van der Waals surface area contributed by atoms with Gasteiger partial charge in [0.15, 0.2) is 0 Å². The van der Waals surface area contributed by atoms with Crippen LogP contribution >= 0.6 is 0 Å². The van der Waals surface area contributed by atoms with Gasteiger partial charge in [-0.05, 0) is 12.0 Å². The molecule has 102 valence electrons. The third-order valence-corrected chi connectivity index (χ3v) is 2.62. The van der Waals surface area contributed by atoms with Crippen molar-refractivity contribution in [3.63, 3.8) is 0 Å². The Balaban J connectivity index is 2.52. The summed E-state index contributed by atoms with van der Waals surface area (Å²) in [6.45, 7) is 2.93. The lowest BCUT2D eigenvalue weighted by Gasteiger charge is -2.21. The molecule has 0 aromatic heterocycles. The smallest absolute Gasteiger partial charge is 0.213 e. The summed E-state index contributed by atoms with van der Waals surface area (Å²) in [4.78, 5) is 17.4. The molecular weight excluding hydrogens is 236 g/mol. The fraction of sp³-hybridized carbons (Fsp3) is 0.667. The van der Waals surface area contributed by atoms with E-state index in [0.29, 0.717) is 13.0 Å². The molecule has 1 amide bonds. The number of ether oxygens (including phenoxy) is 1. The molecule has 6 nitrogen and oxygen atoms in total. The summed E-state index contributed by atoms with van der Waals surface area (Å²) in [6, 6.07) is 0. The summed E-state index contributed by atoms with van der Waals surface area (Å²) in [5, 5.41) is 13.4. The molecule has 0 aromatic carbocycles. The van der Waals surface area contributed by atoms with Crippen LogP contribution in [0.15, 0.2) is 16.9 Å². The van der Waals surface area contributed by atoms with E-state index in [0.717, 1.165) is 24.1 Å². The van der Waals surface area contributed by atoms with E-state index in [2.05, 4.69) is 5.16 Å². The molecule has 1 heterocycles. The normalized spacial score (nSPS) is 19.6. The monoisotopic (exact) mass is 256 g/mol. The molecule has 1 rings (SSSR count). The molecule has 0 saturated heterocycles. The number of hydrogen-bond acceptors (Lipinski definition) is 5. The van der Waals surface area contributed by atoms with Gasteiger partial charge in [0.1, 0.15) is 12.7 Å². The Hall–Kier alpha value is -1.40. The lowest BCUT2D eigenvalue weighted by molar-refractivity contribution is -0.115. The molecule has 1 N–H and O–H groups in total. The Kier molecular flexibility index (Phi) is 6.38. The molecule has 0 aliphatic carbocycles. The van der Waals surface area contributed by atoms with E-state index >= 15 is 0 Å². The van der Waals surface area contributed by atoms with Crippen molar-refractivity contribution in [1.82, 2.24) is 4.90 Å². The van der Waals surface area contributed by atoms with Gasteiger partial charge in [0.05, 0.1) is 12.3 Å². The average molecular weight is 256 g/mol. The number of nitrogens with zero attached hydrogens (tertiary/aromatic N) is 2. The van der Waals surface area contributed by atoms with Gasteiger partial charge in [-0.15, -0.1) is 0 Å². The van der Waals surface area contributed by atoms with Gasteiger partial charge in [-0.3, -0.25) is 4.79 Å². The Morgan fingerprint density at radius 1 is 1.61 bits per heavy atom. The molecule has 18 heavy (non-hydrogen) atoms. The van der Waals surface area contributed by atoms with Crippen molar-refractivity contribution in [2.24, 2.45) is 5.16 Å². The van der Waals surface area contributed by atoms with Gasteiger partial charge in [0.25, 0.3) is 0 Å². The first-order chi connectivity index (χ1) is 8.71. The summed E-state index contributed by atoms with van der Waals surface area (Å²) in [7, 11) is 1.52. The van der Waals surface area contributed by atoms with E-state index < -0.39 is 6.10 Å². The predicted octanol–water partition coefficient (Wildman–Crippen LogP) is 0.522. The first kappa shape index (κ1) is 14.7. The molecular formula is C12H20N2O4. The standard InChI is InChI=1S/C12H20N2O4/c1-3-10-6-14(9-15)5-4-12(10)13-18-8-11(16)7-17-2/h6,9,11,16H,3-5,7-8H2,1-2H3/b13-12+. The van der Waals surface area contributed by atoms with E-state index in [9.17, 15) is 9.90 Å². The third kappa shape index (κ3) is 4.46. The molecule has 1 atom stereocenters. The summed E-state index contributed by atoms with van der Waals surface area (Å²) in [6.07, 6.45) is 3.36. The highest BCUT2D eigenvalue weighted by Gasteiger charge is 2.15. The van der Waals surface area contributed by atoms with Crippen molar-refractivity contribution in [1.29, 1.82) is 0 Å².